The highest BCUT2D eigenvalue weighted by molar-refractivity contribution is 9.10. The summed E-state index contributed by atoms with van der Waals surface area (Å²) in [5.41, 5.74) is 8.25. The lowest BCUT2D eigenvalue weighted by atomic mass is 10.1. The van der Waals surface area contributed by atoms with E-state index in [0.29, 0.717) is 0 Å². The van der Waals surface area contributed by atoms with Crippen molar-refractivity contribution in [2.45, 2.75) is 19.4 Å². The summed E-state index contributed by atoms with van der Waals surface area (Å²) < 4.78 is 1.11. The summed E-state index contributed by atoms with van der Waals surface area (Å²) in [6.45, 7) is 2.02. The molecule has 1 aromatic carbocycles. The van der Waals surface area contributed by atoms with Crippen LogP contribution >= 0.6 is 15.9 Å². The molecular formula is C11H13BrN2. The Bertz CT molecular complexity index is 445. The smallest absolute Gasteiger partial charge is 0.0457 e. The molecule has 0 fully saturated rings. The van der Waals surface area contributed by atoms with Crippen LogP contribution in [0.15, 0.2) is 28.9 Å². The fraction of sp³-hybridized carbons (Fsp3) is 0.273. The van der Waals surface area contributed by atoms with Crippen LogP contribution in [0.1, 0.15) is 12.5 Å². The Kier molecular flexibility index (Phi) is 2.61. The first-order chi connectivity index (χ1) is 6.66. The number of aromatic nitrogens is 1. The average molecular weight is 253 g/mol. The maximum Gasteiger partial charge on any atom is 0.0457 e. The first-order valence-electron chi connectivity index (χ1n) is 4.68. The maximum atomic E-state index is 5.79. The molecule has 0 amide bonds. The van der Waals surface area contributed by atoms with Crippen molar-refractivity contribution < 1.29 is 0 Å². The van der Waals surface area contributed by atoms with Gasteiger partial charge in [-0.3, -0.25) is 0 Å². The summed E-state index contributed by atoms with van der Waals surface area (Å²) in [5.74, 6) is 0. The van der Waals surface area contributed by atoms with Crippen LogP contribution < -0.4 is 5.73 Å². The zero-order valence-corrected chi connectivity index (χ0v) is 9.64. The lowest BCUT2D eigenvalue weighted by Crippen LogP contribution is -2.17. The molecule has 0 spiro atoms. The minimum absolute atomic E-state index is 0.202. The highest BCUT2D eigenvalue weighted by Gasteiger charge is 2.05. The molecule has 0 saturated heterocycles. The van der Waals surface area contributed by atoms with Gasteiger partial charge < -0.3 is 10.7 Å². The minimum atomic E-state index is 0.202. The molecule has 0 aliphatic rings. The summed E-state index contributed by atoms with van der Waals surface area (Å²) in [7, 11) is 0. The second kappa shape index (κ2) is 3.75. The molecule has 3 N–H and O–H groups in total. The van der Waals surface area contributed by atoms with Gasteiger partial charge in [-0.25, -0.2) is 0 Å². The van der Waals surface area contributed by atoms with Gasteiger partial charge in [0.25, 0.3) is 0 Å². The van der Waals surface area contributed by atoms with Crippen molar-refractivity contribution in [3.05, 3.63) is 34.4 Å². The van der Waals surface area contributed by atoms with E-state index in [1.54, 1.807) is 0 Å². The summed E-state index contributed by atoms with van der Waals surface area (Å²) >= 11 is 3.47. The fourth-order valence-electron chi connectivity index (χ4n) is 1.67. The van der Waals surface area contributed by atoms with E-state index in [4.69, 9.17) is 5.73 Å². The number of aromatic amines is 1. The molecule has 2 nitrogen and oxygen atoms in total. The molecule has 74 valence electrons. The molecule has 0 aliphatic carbocycles. The van der Waals surface area contributed by atoms with Gasteiger partial charge in [0, 0.05) is 27.6 Å². The van der Waals surface area contributed by atoms with E-state index in [1.165, 1.54) is 16.5 Å². The molecular weight excluding hydrogens is 240 g/mol. The quantitative estimate of drug-likeness (QED) is 0.849. The van der Waals surface area contributed by atoms with Crippen LogP contribution in [0.5, 0.6) is 0 Å². The Morgan fingerprint density at radius 3 is 3.00 bits per heavy atom. The maximum absolute atomic E-state index is 5.79. The molecule has 1 aromatic heterocycles. The van der Waals surface area contributed by atoms with Crippen LogP contribution in [0.2, 0.25) is 0 Å². The second-order valence-electron chi connectivity index (χ2n) is 3.69. The van der Waals surface area contributed by atoms with Gasteiger partial charge in [0.1, 0.15) is 0 Å². The third-order valence-corrected chi connectivity index (χ3v) is 2.76. The van der Waals surface area contributed by atoms with Gasteiger partial charge in [0.05, 0.1) is 0 Å². The van der Waals surface area contributed by atoms with Crippen molar-refractivity contribution in [2.75, 3.05) is 0 Å². The Balaban J connectivity index is 2.50. The lowest BCUT2D eigenvalue weighted by Gasteiger charge is -2.02. The number of rotatable bonds is 2. The molecule has 2 rings (SSSR count). The Morgan fingerprint density at radius 1 is 1.50 bits per heavy atom. The van der Waals surface area contributed by atoms with Crippen molar-refractivity contribution in [3.8, 4) is 0 Å². The summed E-state index contributed by atoms with van der Waals surface area (Å²) in [6.07, 6.45) is 2.96. The molecule has 1 heterocycles. The summed E-state index contributed by atoms with van der Waals surface area (Å²) in [5, 5.41) is 1.26. The standard InChI is InChI=1S/C11H13BrN2/c1-7(13)4-8-6-14-11-3-2-9(12)5-10(8)11/h2-3,5-7,14H,4,13H2,1H3. The van der Waals surface area contributed by atoms with Gasteiger partial charge in [-0.1, -0.05) is 15.9 Å². The topological polar surface area (TPSA) is 41.8 Å². The zero-order chi connectivity index (χ0) is 10.1. The molecule has 0 aliphatic heterocycles. The molecule has 14 heavy (non-hydrogen) atoms. The van der Waals surface area contributed by atoms with Crippen molar-refractivity contribution in [3.63, 3.8) is 0 Å². The van der Waals surface area contributed by atoms with Crippen molar-refractivity contribution in [1.29, 1.82) is 0 Å². The normalized spacial score (nSPS) is 13.4. The van der Waals surface area contributed by atoms with Gasteiger partial charge in [-0.2, -0.15) is 0 Å². The first-order valence-corrected chi connectivity index (χ1v) is 5.47. The number of H-pyrrole nitrogens is 1. The van der Waals surface area contributed by atoms with Crippen LogP contribution in [0, 0.1) is 0 Å². The third-order valence-electron chi connectivity index (χ3n) is 2.27. The molecule has 1 unspecified atom stereocenters. The van der Waals surface area contributed by atoms with E-state index in [-0.39, 0.29) is 6.04 Å². The monoisotopic (exact) mass is 252 g/mol. The van der Waals surface area contributed by atoms with E-state index < -0.39 is 0 Å². The predicted molar refractivity (Wildman–Crippen MR) is 63.4 cm³/mol. The minimum Gasteiger partial charge on any atom is -0.361 e. The van der Waals surface area contributed by atoms with Gasteiger partial charge in [0.15, 0.2) is 0 Å². The lowest BCUT2D eigenvalue weighted by molar-refractivity contribution is 0.741. The second-order valence-corrected chi connectivity index (χ2v) is 4.60. The van der Waals surface area contributed by atoms with E-state index in [2.05, 4.69) is 33.0 Å². The molecule has 0 bridgehead atoms. The van der Waals surface area contributed by atoms with E-state index in [9.17, 15) is 0 Å². The summed E-state index contributed by atoms with van der Waals surface area (Å²) in [4.78, 5) is 3.24. The van der Waals surface area contributed by atoms with Crippen molar-refractivity contribution >= 4 is 26.8 Å². The van der Waals surface area contributed by atoms with E-state index in [0.717, 1.165) is 10.9 Å². The highest BCUT2D eigenvalue weighted by atomic mass is 79.9. The molecule has 0 radical (unpaired) electrons. The van der Waals surface area contributed by atoms with E-state index >= 15 is 0 Å². The number of nitrogens with one attached hydrogen (secondary N) is 1. The number of hydrogen-bond acceptors (Lipinski definition) is 1. The van der Waals surface area contributed by atoms with Gasteiger partial charge in [-0.15, -0.1) is 0 Å². The Morgan fingerprint density at radius 2 is 2.29 bits per heavy atom. The molecule has 1 atom stereocenters. The largest absolute Gasteiger partial charge is 0.361 e. The first kappa shape index (κ1) is 9.74. The fourth-order valence-corrected chi connectivity index (χ4v) is 2.03. The number of nitrogens with two attached hydrogens (primary N) is 1. The zero-order valence-electron chi connectivity index (χ0n) is 8.05. The van der Waals surface area contributed by atoms with Crippen LogP contribution in [-0.2, 0) is 6.42 Å². The van der Waals surface area contributed by atoms with Crippen molar-refractivity contribution in [1.82, 2.24) is 4.98 Å². The van der Waals surface area contributed by atoms with Crippen LogP contribution in [0.25, 0.3) is 10.9 Å². The molecule has 0 saturated carbocycles. The van der Waals surface area contributed by atoms with Crippen LogP contribution in [0.3, 0.4) is 0 Å². The van der Waals surface area contributed by atoms with Gasteiger partial charge >= 0.3 is 0 Å². The van der Waals surface area contributed by atoms with Gasteiger partial charge in [0.2, 0.25) is 0 Å². The predicted octanol–water partition coefficient (Wildman–Crippen LogP) is 2.82. The SMILES string of the molecule is CC(N)Cc1c[nH]c2ccc(Br)cc12. The molecule has 2 aromatic rings. The Hall–Kier alpha value is -0.800. The molecule has 3 heteroatoms. The number of hydrogen-bond donors (Lipinski definition) is 2. The summed E-state index contributed by atoms with van der Waals surface area (Å²) in [6, 6.07) is 6.44. The van der Waals surface area contributed by atoms with Crippen LogP contribution in [0.4, 0.5) is 0 Å². The number of fused-ring (bicyclic) bond motifs is 1. The Labute approximate surface area is 91.6 Å². The van der Waals surface area contributed by atoms with Crippen LogP contribution in [-0.4, -0.2) is 11.0 Å². The highest BCUT2D eigenvalue weighted by Crippen LogP contribution is 2.23. The number of benzene rings is 1. The van der Waals surface area contributed by atoms with Gasteiger partial charge in [-0.05, 0) is 37.1 Å². The van der Waals surface area contributed by atoms with Crippen molar-refractivity contribution in [2.24, 2.45) is 5.73 Å². The average Bonchev–Trinajstić information content (AvgIpc) is 2.47. The van der Waals surface area contributed by atoms with E-state index in [1.807, 2.05) is 19.2 Å². The number of halogens is 1. The third kappa shape index (κ3) is 1.83.